The van der Waals surface area contributed by atoms with E-state index in [1.807, 2.05) is 51.1 Å². The molecule has 0 saturated carbocycles. The molecule has 3 amide bonds. The normalized spacial score (nSPS) is 18.8. The second-order valence-electron chi connectivity index (χ2n) is 18.6. The molecule has 1 spiro atoms. The Morgan fingerprint density at radius 3 is 2.57 bits per heavy atom. The summed E-state index contributed by atoms with van der Waals surface area (Å²) in [7, 11) is 3.33. The Kier molecular flexibility index (Phi) is 13.9. The molecule has 5 heterocycles. The lowest BCUT2D eigenvalue weighted by Gasteiger charge is -2.44. The zero-order chi connectivity index (χ0) is 45.1. The molecule has 2 aromatic heterocycles. The van der Waals surface area contributed by atoms with Gasteiger partial charge in [-0.05, 0) is 104 Å². The highest BCUT2D eigenvalue weighted by Gasteiger charge is 2.53. The number of aromatic amines is 1. The van der Waals surface area contributed by atoms with Crippen molar-refractivity contribution in [1.29, 1.82) is 0 Å². The SMILES string of the molecule is CO[C@@H](C)c1ncccc1-c1[nH]c2ccc(-c3cc(O)cc(C[C@H](NC(=O)[C@H](C(C)C)N(C)C(=O)C4CCNC45COC5)C(=O)N4CCCCN4)c3)cc2c1CC(C)(C)COC=O. The van der Waals surface area contributed by atoms with Crippen molar-refractivity contribution in [3.8, 4) is 28.1 Å². The number of methoxy groups -OCH3 is 1. The van der Waals surface area contributed by atoms with E-state index >= 15 is 0 Å². The van der Waals surface area contributed by atoms with E-state index in [0.717, 1.165) is 57.4 Å². The van der Waals surface area contributed by atoms with Gasteiger partial charge in [0.1, 0.15) is 17.8 Å². The largest absolute Gasteiger partial charge is 0.508 e. The van der Waals surface area contributed by atoms with E-state index < -0.39 is 28.9 Å². The number of hydrogen-bond donors (Lipinski definition) is 5. The van der Waals surface area contributed by atoms with E-state index in [0.29, 0.717) is 57.7 Å². The number of rotatable bonds is 17. The molecule has 0 bridgehead atoms. The van der Waals surface area contributed by atoms with Gasteiger partial charge in [0.2, 0.25) is 11.8 Å². The number of aromatic hydroxyl groups is 1. The molecule has 3 saturated heterocycles. The Labute approximate surface area is 369 Å². The number of hydrogen-bond acceptors (Lipinski definition) is 11. The van der Waals surface area contributed by atoms with Gasteiger partial charge in [0.15, 0.2) is 0 Å². The third-order valence-electron chi connectivity index (χ3n) is 13.0. The van der Waals surface area contributed by atoms with Crippen molar-refractivity contribution in [1.82, 2.24) is 35.9 Å². The van der Waals surface area contributed by atoms with Crippen LogP contribution in [0.25, 0.3) is 33.3 Å². The van der Waals surface area contributed by atoms with Crippen LogP contribution in [0.15, 0.2) is 54.7 Å². The van der Waals surface area contributed by atoms with Crippen LogP contribution in [0.5, 0.6) is 5.75 Å². The number of phenols is 1. The number of aromatic nitrogens is 2. The van der Waals surface area contributed by atoms with Crippen LogP contribution < -0.4 is 16.1 Å². The van der Waals surface area contributed by atoms with Gasteiger partial charge < -0.3 is 39.8 Å². The number of benzene rings is 2. The fourth-order valence-corrected chi connectivity index (χ4v) is 9.57. The number of carbonyl (C=O) groups is 4. The summed E-state index contributed by atoms with van der Waals surface area (Å²) in [6.07, 6.45) is 4.53. The molecule has 1 unspecified atom stereocenters. The van der Waals surface area contributed by atoms with Gasteiger partial charge in [-0.3, -0.25) is 29.2 Å². The maximum Gasteiger partial charge on any atom is 0.293 e. The lowest BCUT2D eigenvalue weighted by molar-refractivity contribution is -0.153. The van der Waals surface area contributed by atoms with Crippen molar-refractivity contribution in [3.63, 3.8) is 0 Å². The Balaban J connectivity index is 1.22. The predicted molar refractivity (Wildman–Crippen MR) is 239 cm³/mol. The minimum absolute atomic E-state index is 0.0105. The summed E-state index contributed by atoms with van der Waals surface area (Å²) < 4.78 is 16.5. The van der Waals surface area contributed by atoms with Crippen molar-refractivity contribution in [2.75, 3.05) is 53.6 Å². The van der Waals surface area contributed by atoms with E-state index in [-0.39, 0.29) is 48.5 Å². The lowest BCUT2D eigenvalue weighted by Crippen LogP contribution is -2.65. The summed E-state index contributed by atoms with van der Waals surface area (Å²) in [5.41, 5.74) is 9.02. The third kappa shape index (κ3) is 9.76. The molecule has 4 aromatic rings. The molecule has 3 aliphatic heterocycles. The highest BCUT2D eigenvalue weighted by Crippen LogP contribution is 2.40. The van der Waals surface area contributed by atoms with Crippen LogP contribution in [0.4, 0.5) is 0 Å². The molecule has 15 heteroatoms. The van der Waals surface area contributed by atoms with Crippen molar-refractivity contribution >= 4 is 35.1 Å². The molecule has 5 N–H and O–H groups in total. The van der Waals surface area contributed by atoms with E-state index in [4.69, 9.17) is 14.2 Å². The molecule has 0 radical (unpaired) electrons. The third-order valence-corrected chi connectivity index (χ3v) is 13.0. The molecular weight excluding hydrogens is 803 g/mol. The van der Waals surface area contributed by atoms with Crippen LogP contribution in [0, 0.1) is 17.3 Å². The minimum Gasteiger partial charge on any atom is -0.508 e. The first-order chi connectivity index (χ1) is 30.1. The summed E-state index contributed by atoms with van der Waals surface area (Å²) in [4.78, 5) is 63.9. The van der Waals surface area contributed by atoms with Gasteiger partial charge in [-0.25, -0.2) is 5.43 Å². The second-order valence-corrected chi connectivity index (χ2v) is 18.6. The van der Waals surface area contributed by atoms with E-state index in [9.17, 15) is 24.3 Å². The number of pyridine rings is 1. The average molecular weight is 866 g/mol. The maximum atomic E-state index is 14.4. The number of phenolic OH excluding ortho intramolecular Hbond substituents is 1. The summed E-state index contributed by atoms with van der Waals surface area (Å²) in [6, 6.07) is 13.4. The molecule has 338 valence electrons. The molecule has 7 rings (SSSR count). The molecule has 3 fully saturated rings. The predicted octanol–water partition coefficient (Wildman–Crippen LogP) is 5.07. The number of likely N-dealkylation sites (N-methyl/N-ethyl adjacent to an activating group) is 1. The summed E-state index contributed by atoms with van der Waals surface area (Å²) in [6.45, 7) is 13.3. The topological polar surface area (TPSA) is 187 Å². The standard InChI is InChI=1S/C48H63N7O8/c1-29(2)43(54(6)45(59)38-14-17-50-48(38)26-62-27-48)44(58)53-40(46(60)55-18-9-8-16-51-55)21-31-19-33(22-34(57)20-31)32-12-13-39-36(23-32)37(24-47(4,5)25-63-28-56)42(52-39)35-11-10-15-49-41(35)30(3)61-7/h10-13,15,19-20,22-23,28-30,38,40,43,50-52,57H,8-9,14,16-18,21,24-27H2,1-7H3,(H,53,58)/t30-,38?,40-,43-/m0/s1. The first kappa shape index (κ1) is 45.7. The lowest BCUT2D eigenvalue weighted by atomic mass is 9.82. The van der Waals surface area contributed by atoms with Gasteiger partial charge in [0, 0.05) is 61.7 Å². The van der Waals surface area contributed by atoms with Crippen molar-refractivity contribution in [2.45, 2.75) is 90.4 Å². The quantitative estimate of drug-likeness (QED) is 0.0893. The van der Waals surface area contributed by atoms with Crippen molar-refractivity contribution in [3.05, 3.63) is 71.5 Å². The highest BCUT2D eigenvalue weighted by molar-refractivity contribution is 5.95. The monoisotopic (exact) mass is 865 g/mol. The zero-order valence-corrected chi connectivity index (χ0v) is 37.6. The van der Waals surface area contributed by atoms with Gasteiger partial charge in [-0.2, -0.15) is 0 Å². The van der Waals surface area contributed by atoms with Gasteiger partial charge in [0.05, 0.1) is 48.8 Å². The summed E-state index contributed by atoms with van der Waals surface area (Å²) >= 11 is 0. The number of fused-ring (bicyclic) bond motifs is 1. The smallest absolute Gasteiger partial charge is 0.293 e. The first-order valence-electron chi connectivity index (χ1n) is 22.1. The van der Waals surface area contributed by atoms with E-state index in [2.05, 4.69) is 45.9 Å². The zero-order valence-electron chi connectivity index (χ0n) is 37.6. The van der Waals surface area contributed by atoms with Gasteiger partial charge >= 0.3 is 0 Å². The van der Waals surface area contributed by atoms with Crippen LogP contribution in [0.2, 0.25) is 0 Å². The second kappa shape index (κ2) is 19.2. The minimum atomic E-state index is -0.998. The van der Waals surface area contributed by atoms with Crippen LogP contribution >= 0.6 is 0 Å². The summed E-state index contributed by atoms with van der Waals surface area (Å²) in [5.74, 6) is -1.37. The molecular formula is C48H63N7O8. The van der Waals surface area contributed by atoms with Crippen LogP contribution in [-0.4, -0.2) is 120 Å². The fourth-order valence-electron chi connectivity index (χ4n) is 9.57. The Bertz CT molecular complexity index is 2300. The fraction of sp³-hybridized carbons (Fsp3) is 0.521. The Hall–Kier alpha value is -5.35. The summed E-state index contributed by atoms with van der Waals surface area (Å²) in [5, 5.41) is 20.3. The Morgan fingerprint density at radius 2 is 1.89 bits per heavy atom. The van der Waals surface area contributed by atoms with E-state index in [1.165, 1.54) is 0 Å². The van der Waals surface area contributed by atoms with Crippen LogP contribution in [-0.2, 0) is 46.2 Å². The molecule has 3 aliphatic rings. The molecule has 4 atom stereocenters. The van der Waals surface area contributed by atoms with Crippen molar-refractivity contribution in [2.24, 2.45) is 17.3 Å². The maximum absolute atomic E-state index is 14.4. The Morgan fingerprint density at radius 1 is 1.10 bits per heavy atom. The molecule has 15 nitrogen and oxygen atoms in total. The average Bonchev–Trinajstić information content (AvgIpc) is 3.87. The number of ether oxygens (including phenoxy) is 3. The van der Waals surface area contributed by atoms with Gasteiger partial charge in [-0.15, -0.1) is 0 Å². The number of hydrazine groups is 1. The molecule has 0 aliphatic carbocycles. The number of amides is 3. The number of carbonyl (C=O) groups excluding carboxylic acids is 4. The number of nitrogens with zero attached hydrogens (tertiary/aromatic N) is 3. The first-order valence-corrected chi connectivity index (χ1v) is 22.1. The molecule has 63 heavy (non-hydrogen) atoms. The van der Waals surface area contributed by atoms with Gasteiger partial charge in [-0.1, -0.05) is 39.8 Å². The van der Waals surface area contributed by atoms with E-state index in [1.54, 1.807) is 42.4 Å². The number of H-pyrrole nitrogens is 1. The van der Waals surface area contributed by atoms with Crippen LogP contribution in [0.1, 0.15) is 76.8 Å². The van der Waals surface area contributed by atoms with Crippen LogP contribution in [0.3, 0.4) is 0 Å². The molecule has 2 aromatic carbocycles. The number of nitrogens with one attached hydrogen (secondary N) is 4. The highest BCUT2D eigenvalue weighted by atomic mass is 16.5. The van der Waals surface area contributed by atoms with Crippen molar-refractivity contribution < 1.29 is 38.5 Å². The van der Waals surface area contributed by atoms with Gasteiger partial charge in [0.25, 0.3) is 12.4 Å².